The molecule has 1 aromatic heterocycles. The zero-order valence-electron chi connectivity index (χ0n) is 11.2. The van der Waals surface area contributed by atoms with Gasteiger partial charge in [-0.1, -0.05) is 24.3 Å². The summed E-state index contributed by atoms with van der Waals surface area (Å²) in [7, 11) is 3.95. The Labute approximate surface area is 113 Å². The predicted molar refractivity (Wildman–Crippen MR) is 76.2 cm³/mol. The van der Waals surface area contributed by atoms with Crippen molar-refractivity contribution in [3.63, 3.8) is 0 Å². The lowest BCUT2D eigenvalue weighted by Crippen LogP contribution is -2.11. The summed E-state index contributed by atoms with van der Waals surface area (Å²) in [6.07, 6.45) is 8.16. The number of carbonyl (C=O) groups excluding carboxylic acids is 1. The molecule has 19 heavy (non-hydrogen) atoms. The van der Waals surface area contributed by atoms with Gasteiger partial charge in [-0.15, -0.1) is 0 Å². The summed E-state index contributed by atoms with van der Waals surface area (Å²) in [6.45, 7) is 0.729. The molecule has 0 radical (unpaired) electrons. The molecular formula is C15H17N3O. The van der Waals surface area contributed by atoms with Crippen LogP contribution in [-0.4, -0.2) is 41.4 Å². The van der Waals surface area contributed by atoms with Crippen LogP contribution in [0.5, 0.6) is 0 Å². The Kier molecular flexibility index (Phi) is 4.26. The number of imidazole rings is 1. The number of carbonyl (C=O) groups is 1. The Bertz CT molecular complexity index is 571. The maximum absolute atomic E-state index is 11.3. The third-order valence-electron chi connectivity index (χ3n) is 2.80. The van der Waals surface area contributed by atoms with Gasteiger partial charge in [0, 0.05) is 30.1 Å². The summed E-state index contributed by atoms with van der Waals surface area (Å²) in [4.78, 5) is 17.4. The highest BCUT2D eigenvalue weighted by Gasteiger charge is 2.08. The SMILES string of the molecule is CN(C)CC=C(C=O)c1ccccc1-n1ccnc1. The van der Waals surface area contributed by atoms with Crippen molar-refractivity contribution in [2.75, 3.05) is 20.6 Å². The number of hydrogen-bond acceptors (Lipinski definition) is 3. The Morgan fingerprint density at radius 3 is 2.79 bits per heavy atom. The van der Waals surface area contributed by atoms with Crippen LogP contribution in [0.1, 0.15) is 5.56 Å². The molecule has 0 aliphatic heterocycles. The van der Waals surface area contributed by atoms with Gasteiger partial charge in [-0.25, -0.2) is 4.98 Å². The quantitative estimate of drug-likeness (QED) is 0.606. The summed E-state index contributed by atoms with van der Waals surface area (Å²) in [6, 6.07) is 7.81. The molecule has 1 aromatic carbocycles. The zero-order valence-corrected chi connectivity index (χ0v) is 11.2. The van der Waals surface area contributed by atoms with Crippen molar-refractivity contribution in [1.82, 2.24) is 14.5 Å². The van der Waals surface area contributed by atoms with E-state index in [1.54, 1.807) is 12.5 Å². The van der Waals surface area contributed by atoms with Crippen LogP contribution in [-0.2, 0) is 4.79 Å². The lowest BCUT2D eigenvalue weighted by molar-refractivity contribution is -0.103. The van der Waals surface area contributed by atoms with Crippen LogP contribution in [0, 0.1) is 0 Å². The molecule has 4 nitrogen and oxygen atoms in total. The summed E-state index contributed by atoms with van der Waals surface area (Å²) in [5.74, 6) is 0. The number of benzene rings is 1. The first-order valence-electron chi connectivity index (χ1n) is 6.10. The number of aromatic nitrogens is 2. The second-order valence-electron chi connectivity index (χ2n) is 4.53. The fourth-order valence-electron chi connectivity index (χ4n) is 1.85. The molecular weight excluding hydrogens is 238 g/mol. The lowest BCUT2D eigenvalue weighted by Gasteiger charge is -2.11. The minimum absolute atomic E-state index is 0.693. The molecule has 0 fully saturated rings. The maximum Gasteiger partial charge on any atom is 0.150 e. The molecule has 0 amide bonds. The van der Waals surface area contributed by atoms with Gasteiger partial charge in [0.2, 0.25) is 0 Å². The van der Waals surface area contributed by atoms with Crippen molar-refractivity contribution in [2.24, 2.45) is 0 Å². The van der Waals surface area contributed by atoms with Crippen LogP contribution in [0.2, 0.25) is 0 Å². The van der Waals surface area contributed by atoms with Crippen LogP contribution in [0.4, 0.5) is 0 Å². The average molecular weight is 255 g/mol. The third kappa shape index (κ3) is 3.17. The van der Waals surface area contributed by atoms with E-state index in [2.05, 4.69) is 4.98 Å². The first kappa shape index (κ1) is 13.2. The molecule has 0 atom stereocenters. The fraction of sp³-hybridized carbons (Fsp3) is 0.200. The third-order valence-corrected chi connectivity index (χ3v) is 2.80. The number of rotatable bonds is 5. The zero-order chi connectivity index (χ0) is 13.7. The van der Waals surface area contributed by atoms with Gasteiger partial charge in [0.15, 0.2) is 0 Å². The van der Waals surface area contributed by atoms with Crippen molar-refractivity contribution in [3.8, 4) is 5.69 Å². The Morgan fingerprint density at radius 1 is 1.37 bits per heavy atom. The van der Waals surface area contributed by atoms with Gasteiger partial charge in [-0.05, 0) is 20.2 Å². The predicted octanol–water partition coefficient (Wildman–Crippen LogP) is 2.02. The Morgan fingerprint density at radius 2 is 2.16 bits per heavy atom. The van der Waals surface area contributed by atoms with E-state index in [1.807, 2.05) is 60.1 Å². The minimum atomic E-state index is 0.693. The number of para-hydroxylation sites is 1. The van der Waals surface area contributed by atoms with E-state index in [1.165, 1.54) is 0 Å². The van der Waals surface area contributed by atoms with Crippen LogP contribution in [0.25, 0.3) is 11.3 Å². The van der Waals surface area contributed by atoms with Gasteiger partial charge in [0.05, 0.1) is 12.0 Å². The monoisotopic (exact) mass is 255 g/mol. The lowest BCUT2D eigenvalue weighted by atomic mass is 10.0. The van der Waals surface area contributed by atoms with E-state index >= 15 is 0 Å². The van der Waals surface area contributed by atoms with Gasteiger partial charge >= 0.3 is 0 Å². The van der Waals surface area contributed by atoms with Gasteiger partial charge in [-0.2, -0.15) is 0 Å². The van der Waals surface area contributed by atoms with E-state index in [9.17, 15) is 4.79 Å². The molecule has 0 spiro atoms. The van der Waals surface area contributed by atoms with E-state index < -0.39 is 0 Å². The molecule has 0 unspecified atom stereocenters. The van der Waals surface area contributed by atoms with Crippen molar-refractivity contribution in [3.05, 3.63) is 54.6 Å². The number of likely N-dealkylation sites (N-methyl/N-ethyl adjacent to an activating group) is 1. The van der Waals surface area contributed by atoms with Crippen LogP contribution in [0.15, 0.2) is 49.1 Å². The van der Waals surface area contributed by atoms with E-state index in [-0.39, 0.29) is 0 Å². The summed E-state index contributed by atoms with van der Waals surface area (Å²) < 4.78 is 1.91. The molecule has 0 saturated heterocycles. The highest BCUT2D eigenvalue weighted by Crippen LogP contribution is 2.21. The molecule has 0 aliphatic carbocycles. The number of allylic oxidation sites excluding steroid dienone is 1. The fourth-order valence-corrected chi connectivity index (χ4v) is 1.85. The molecule has 2 rings (SSSR count). The normalized spacial score (nSPS) is 11.8. The number of nitrogens with zero attached hydrogens (tertiary/aromatic N) is 3. The van der Waals surface area contributed by atoms with Crippen LogP contribution >= 0.6 is 0 Å². The second-order valence-corrected chi connectivity index (χ2v) is 4.53. The van der Waals surface area contributed by atoms with Crippen molar-refractivity contribution >= 4 is 11.9 Å². The first-order valence-corrected chi connectivity index (χ1v) is 6.10. The van der Waals surface area contributed by atoms with E-state index in [0.29, 0.717) is 5.57 Å². The molecule has 4 heteroatoms. The number of aldehydes is 1. The Hall–Kier alpha value is -2.20. The topological polar surface area (TPSA) is 38.1 Å². The van der Waals surface area contributed by atoms with Crippen molar-refractivity contribution < 1.29 is 4.79 Å². The Balaban J connectivity index is 2.44. The molecule has 0 N–H and O–H groups in total. The smallest absolute Gasteiger partial charge is 0.150 e. The molecule has 0 saturated carbocycles. The van der Waals surface area contributed by atoms with Crippen molar-refractivity contribution in [1.29, 1.82) is 0 Å². The highest BCUT2D eigenvalue weighted by atomic mass is 16.1. The number of hydrogen-bond donors (Lipinski definition) is 0. The average Bonchev–Trinajstić information content (AvgIpc) is 2.93. The second kappa shape index (κ2) is 6.11. The molecule has 0 bridgehead atoms. The standard InChI is InChI=1S/C15H17N3O/c1-17(2)9-7-13(11-19)14-5-3-4-6-15(14)18-10-8-16-12-18/h3-8,10-12H,9H2,1-2H3. The summed E-state index contributed by atoms with van der Waals surface area (Å²) in [5, 5.41) is 0. The largest absolute Gasteiger partial charge is 0.306 e. The minimum Gasteiger partial charge on any atom is -0.306 e. The molecule has 0 aliphatic rings. The van der Waals surface area contributed by atoms with Crippen molar-refractivity contribution in [2.45, 2.75) is 0 Å². The van der Waals surface area contributed by atoms with Gasteiger partial charge in [0.1, 0.15) is 6.29 Å². The van der Waals surface area contributed by atoms with Gasteiger partial charge in [0.25, 0.3) is 0 Å². The maximum atomic E-state index is 11.3. The van der Waals surface area contributed by atoms with E-state index in [0.717, 1.165) is 24.1 Å². The van der Waals surface area contributed by atoms with Crippen LogP contribution in [0.3, 0.4) is 0 Å². The molecule has 1 heterocycles. The first-order chi connectivity index (χ1) is 9.22. The van der Waals surface area contributed by atoms with Gasteiger partial charge in [-0.3, -0.25) is 4.79 Å². The summed E-state index contributed by atoms with van der Waals surface area (Å²) >= 11 is 0. The van der Waals surface area contributed by atoms with Gasteiger partial charge < -0.3 is 9.47 Å². The highest BCUT2D eigenvalue weighted by molar-refractivity contribution is 6.08. The molecule has 98 valence electrons. The molecule has 2 aromatic rings. The van der Waals surface area contributed by atoms with Crippen LogP contribution < -0.4 is 0 Å². The van der Waals surface area contributed by atoms with E-state index in [4.69, 9.17) is 0 Å². The summed E-state index contributed by atoms with van der Waals surface area (Å²) in [5.41, 5.74) is 2.56.